The summed E-state index contributed by atoms with van der Waals surface area (Å²) < 4.78 is 9.22. The third-order valence-electron chi connectivity index (χ3n) is 0.791. The maximum atomic E-state index is 8.88. The quantitative estimate of drug-likeness (QED) is 0.350. The van der Waals surface area contributed by atoms with Gasteiger partial charge >= 0.3 is 29.6 Å². The Labute approximate surface area is 79.1 Å². The molecular formula is C5H13NaO3. The first-order valence-corrected chi connectivity index (χ1v) is 2.54. The first-order chi connectivity index (χ1) is 3.62. The van der Waals surface area contributed by atoms with Crippen LogP contribution < -0.4 is 29.6 Å². The van der Waals surface area contributed by atoms with Crippen LogP contribution in [0.15, 0.2) is 0 Å². The minimum atomic E-state index is -1.41. The zero-order valence-electron chi connectivity index (χ0n) is 7.47. The van der Waals surface area contributed by atoms with E-state index in [9.17, 15) is 0 Å². The molecule has 1 atom stereocenters. The first kappa shape index (κ1) is 12.5. The summed E-state index contributed by atoms with van der Waals surface area (Å²) in [6, 6.07) is 0. The Hall–Kier alpha value is 0.880. The SMILES string of the molecule is CCOC(C)(O)OC.[H-].[Na+]. The molecule has 1 unspecified atom stereocenters. The van der Waals surface area contributed by atoms with Crippen LogP contribution in [-0.2, 0) is 9.47 Å². The summed E-state index contributed by atoms with van der Waals surface area (Å²) >= 11 is 0. The van der Waals surface area contributed by atoms with Crippen molar-refractivity contribution in [2.24, 2.45) is 0 Å². The van der Waals surface area contributed by atoms with E-state index in [0.717, 1.165) is 0 Å². The van der Waals surface area contributed by atoms with Crippen molar-refractivity contribution in [2.75, 3.05) is 13.7 Å². The number of aliphatic hydroxyl groups is 1. The fourth-order valence-corrected chi connectivity index (χ4v) is 0.327. The summed E-state index contributed by atoms with van der Waals surface area (Å²) in [6.45, 7) is 3.67. The second-order valence-corrected chi connectivity index (χ2v) is 1.53. The molecule has 0 aromatic carbocycles. The molecule has 0 saturated heterocycles. The van der Waals surface area contributed by atoms with Gasteiger partial charge in [-0.05, 0) is 6.92 Å². The summed E-state index contributed by atoms with van der Waals surface area (Å²) in [6.07, 6.45) is 0. The molecule has 0 radical (unpaired) electrons. The molecule has 0 fully saturated rings. The Balaban J connectivity index is -0.000000245. The van der Waals surface area contributed by atoms with Crippen LogP contribution in [0.4, 0.5) is 0 Å². The predicted octanol–water partition coefficient (Wildman–Crippen LogP) is -2.55. The van der Waals surface area contributed by atoms with Crippen LogP contribution in [0, 0.1) is 0 Å². The molecule has 0 heterocycles. The smallest absolute Gasteiger partial charge is 1.00 e. The van der Waals surface area contributed by atoms with E-state index in [-0.39, 0.29) is 31.0 Å². The zero-order chi connectivity index (χ0) is 6.62. The van der Waals surface area contributed by atoms with E-state index < -0.39 is 5.97 Å². The molecule has 0 aliphatic rings. The fourth-order valence-electron chi connectivity index (χ4n) is 0.327. The second kappa shape index (κ2) is 5.65. The fraction of sp³-hybridized carbons (Fsp3) is 1.00. The Bertz CT molecular complexity index is 69.9. The second-order valence-electron chi connectivity index (χ2n) is 1.53. The average molecular weight is 144 g/mol. The van der Waals surface area contributed by atoms with Gasteiger partial charge in [-0.2, -0.15) is 0 Å². The van der Waals surface area contributed by atoms with Crippen molar-refractivity contribution in [3.63, 3.8) is 0 Å². The van der Waals surface area contributed by atoms with Gasteiger partial charge in [-0.15, -0.1) is 0 Å². The molecule has 9 heavy (non-hydrogen) atoms. The molecule has 0 rings (SSSR count). The summed E-state index contributed by atoms with van der Waals surface area (Å²) in [5.41, 5.74) is 0. The van der Waals surface area contributed by atoms with Gasteiger partial charge in [0, 0.05) is 20.6 Å². The summed E-state index contributed by atoms with van der Waals surface area (Å²) in [5, 5.41) is 8.88. The Morgan fingerprint density at radius 3 is 2.22 bits per heavy atom. The molecular weight excluding hydrogens is 131 g/mol. The van der Waals surface area contributed by atoms with Crippen LogP contribution >= 0.6 is 0 Å². The van der Waals surface area contributed by atoms with Gasteiger partial charge in [0.2, 0.25) is 0 Å². The minimum Gasteiger partial charge on any atom is -1.00 e. The molecule has 0 aliphatic heterocycles. The first-order valence-electron chi connectivity index (χ1n) is 2.54. The van der Waals surface area contributed by atoms with Crippen LogP contribution in [0.5, 0.6) is 0 Å². The minimum absolute atomic E-state index is 0. The van der Waals surface area contributed by atoms with Gasteiger partial charge in [-0.1, -0.05) is 0 Å². The van der Waals surface area contributed by atoms with E-state index in [0.29, 0.717) is 6.61 Å². The van der Waals surface area contributed by atoms with Gasteiger partial charge in [-0.3, -0.25) is 0 Å². The van der Waals surface area contributed by atoms with E-state index in [1.807, 2.05) is 0 Å². The predicted molar refractivity (Wildman–Crippen MR) is 30.4 cm³/mol. The summed E-state index contributed by atoms with van der Waals surface area (Å²) in [7, 11) is 1.38. The maximum absolute atomic E-state index is 8.88. The maximum Gasteiger partial charge on any atom is 1.00 e. The monoisotopic (exact) mass is 144 g/mol. The molecule has 0 aromatic rings. The van der Waals surface area contributed by atoms with Crippen LogP contribution in [0.2, 0.25) is 0 Å². The van der Waals surface area contributed by atoms with Gasteiger partial charge in [0.1, 0.15) is 0 Å². The van der Waals surface area contributed by atoms with E-state index >= 15 is 0 Å². The molecule has 4 heteroatoms. The molecule has 0 aliphatic carbocycles. The Morgan fingerprint density at radius 2 is 2.11 bits per heavy atom. The van der Waals surface area contributed by atoms with Crippen molar-refractivity contribution >= 4 is 0 Å². The summed E-state index contributed by atoms with van der Waals surface area (Å²) in [4.78, 5) is 0. The van der Waals surface area contributed by atoms with Crippen molar-refractivity contribution in [1.82, 2.24) is 0 Å². The topological polar surface area (TPSA) is 38.7 Å². The number of methoxy groups -OCH3 is 1. The van der Waals surface area contributed by atoms with Crippen molar-refractivity contribution in [2.45, 2.75) is 19.8 Å². The Kier molecular flexibility index (Phi) is 7.87. The van der Waals surface area contributed by atoms with Gasteiger partial charge in [-0.25, -0.2) is 0 Å². The van der Waals surface area contributed by atoms with Gasteiger partial charge in [0.05, 0.1) is 0 Å². The average Bonchev–Trinajstić information content (AvgIpc) is 1.67. The Morgan fingerprint density at radius 1 is 1.67 bits per heavy atom. The molecule has 0 aromatic heterocycles. The van der Waals surface area contributed by atoms with E-state index in [1.165, 1.54) is 14.0 Å². The molecule has 0 bridgehead atoms. The van der Waals surface area contributed by atoms with Crippen LogP contribution in [-0.4, -0.2) is 24.8 Å². The van der Waals surface area contributed by atoms with E-state index in [2.05, 4.69) is 4.74 Å². The van der Waals surface area contributed by atoms with E-state index in [4.69, 9.17) is 9.84 Å². The van der Waals surface area contributed by atoms with Crippen LogP contribution in [0.25, 0.3) is 0 Å². The number of rotatable bonds is 3. The number of hydrogen-bond acceptors (Lipinski definition) is 3. The number of hydrogen-bond donors (Lipinski definition) is 1. The van der Waals surface area contributed by atoms with Crippen molar-refractivity contribution in [1.29, 1.82) is 0 Å². The third kappa shape index (κ3) is 6.77. The van der Waals surface area contributed by atoms with E-state index in [1.54, 1.807) is 6.92 Å². The molecule has 52 valence electrons. The van der Waals surface area contributed by atoms with Gasteiger partial charge < -0.3 is 16.0 Å². The molecule has 3 nitrogen and oxygen atoms in total. The molecule has 0 spiro atoms. The van der Waals surface area contributed by atoms with Crippen LogP contribution in [0.1, 0.15) is 15.3 Å². The summed E-state index contributed by atoms with van der Waals surface area (Å²) in [5.74, 6) is -1.41. The van der Waals surface area contributed by atoms with Crippen LogP contribution in [0.3, 0.4) is 0 Å². The largest absolute Gasteiger partial charge is 1.00 e. The van der Waals surface area contributed by atoms with Crippen molar-refractivity contribution in [3.05, 3.63) is 0 Å². The molecule has 0 amide bonds. The van der Waals surface area contributed by atoms with Gasteiger partial charge in [0.25, 0.3) is 5.97 Å². The zero-order valence-corrected chi connectivity index (χ0v) is 8.47. The van der Waals surface area contributed by atoms with Crippen molar-refractivity contribution in [3.8, 4) is 0 Å². The molecule has 1 N–H and O–H groups in total. The molecule has 0 saturated carbocycles. The standard InChI is InChI=1S/C5H12O3.Na.H/c1-4-8-5(2,6)7-3;;/h6H,4H2,1-3H3;;/q;+1;-1. The van der Waals surface area contributed by atoms with Crippen molar-refractivity contribution < 1.29 is 45.6 Å². The van der Waals surface area contributed by atoms with Gasteiger partial charge in [0.15, 0.2) is 0 Å². The third-order valence-corrected chi connectivity index (χ3v) is 0.791. The number of ether oxygens (including phenoxy) is 2. The normalized spacial score (nSPS) is 16.0.